The number of Topliss-reactive ketones (excluding diaryl/α,β-unsaturated/α-hetero) is 1. The van der Waals surface area contributed by atoms with Crippen LogP contribution >= 0.6 is 0 Å². The van der Waals surface area contributed by atoms with E-state index in [0.717, 1.165) is 44.6 Å². The first kappa shape index (κ1) is 24.0. The van der Waals surface area contributed by atoms with Gasteiger partial charge >= 0.3 is 6.09 Å². The molecule has 5 nitrogen and oxygen atoms in total. The molecule has 1 amide bonds. The summed E-state index contributed by atoms with van der Waals surface area (Å²) in [7, 11) is 0. The zero-order valence-corrected chi connectivity index (χ0v) is 19.5. The predicted octanol–water partition coefficient (Wildman–Crippen LogP) is 5.49. The average molecular weight is 437 g/mol. The normalized spacial score (nSPS) is 15.8. The monoisotopic (exact) mass is 436 g/mol. The fraction of sp³-hybridized carbons (Fsp3) is 0.481. The summed E-state index contributed by atoms with van der Waals surface area (Å²) in [6.45, 7) is 6.70. The number of benzene rings is 2. The van der Waals surface area contributed by atoms with Gasteiger partial charge in [-0.1, -0.05) is 61.9 Å². The molecule has 0 aromatic heterocycles. The van der Waals surface area contributed by atoms with Crippen molar-refractivity contribution in [2.24, 2.45) is 0 Å². The number of carbonyl (C=O) groups is 2. The van der Waals surface area contributed by atoms with Crippen LogP contribution in [0, 0.1) is 0 Å². The minimum absolute atomic E-state index is 0.152. The van der Waals surface area contributed by atoms with Gasteiger partial charge in [-0.25, -0.2) is 4.79 Å². The molecule has 0 atom stereocenters. The molecule has 2 aromatic rings. The Hall–Kier alpha value is -2.66. The Kier molecular flexibility index (Phi) is 8.86. The van der Waals surface area contributed by atoms with Gasteiger partial charge in [-0.3, -0.25) is 9.69 Å². The molecule has 0 radical (unpaired) electrons. The van der Waals surface area contributed by atoms with E-state index in [1.165, 1.54) is 5.56 Å². The van der Waals surface area contributed by atoms with Crippen molar-refractivity contribution >= 4 is 17.6 Å². The van der Waals surface area contributed by atoms with Gasteiger partial charge in [0, 0.05) is 31.7 Å². The predicted molar refractivity (Wildman–Crippen MR) is 129 cm³/mol. The molecule has 32 heavy (non-hydrogen) atoms. The van der Waals surface area contributed by atoms with Crippen LogP contribution in [-0.4, -0.2) is 48.6 Å². The first-order valence-electron chi connectivity index (χ1n) is 11.9. The number of amides is 1. The van der Waals surface area contributed by atoms with Crippen LogP contribution in [0.2, 0.25) is 0 Å². The minimum Gasteiger partial charge on any atom is -0.449 e. The first-order chi connectivity index (χ1) is 15.6. The number of nitrogens with zero attached hydrogens (tertiary/aromatic N) is 2. The summed E-state index contributed by atoms with van der Waals surface area (Å²) in [5.41, 5.74) is 1.20. The second-order valence-corrected chi connectivity index (χ2v) is 8.51. The van der Waals surface area contributed by atoms with Crippen molar-refractivity contribution in [2.75, 3.05) is 31.1 Å². The second kappa shape index (κ2) is 11.8. The summed E-state index contributed by atoms with van der Waals surface area (Å²) in [5.74, 6) is 0.152. The Bertz CT molecular complexity index is 846. The molecule has 0 N–H and O–H groups in total. The molecule has 172 valence electrons. The van der Waals surface area contributed by atoms with Gasteiger partial charge in [0.2, 0.25) is 0 Å². The molecule has 0 unspecified atom stereocenters. The van der Waals surface area contributed by atoms with Crippen LogP contribution < -0.4 is 4.90 Å². The number of hydrogen-bond donors (Lipinski definition) is 0. The maximum absolute atomic E-state index is 13.6. The molecule has 1 heterocycles. The Morgan fingerprint density at radius 2 is 1.59 bits per heavy atom. The van der Waals surface area contributed by atoms with Gasteiger partial charge in [-0.05, 0) is 50.3 Å². The topological polar surface area (TPSA) is 49.9 Å². The Morgan fingerprint density at radius 3 is 2.19 bits per heavy atom. The number of piperidine rings is 1. The Balaban J connectivity index is 1.82. The number of rotatable bonds is 10. The molecule has 1 aliphatic heterocycles. The SMILES string of the molecule is CCCCC(=O)C1(N(C(=O)OCC)c2ccccc2)CCN(CCc2ccccc2)CC1. The fourth-order valence-electron chi connectivity index (χ4n) is 4.57. The van der Waals surface area contributed by atoms with Gasteiger partial charge in [-0.15, -0.1) is 0 Å². The van der Waals surface area contributed by atoms with E-state index in [1.54, 1.807) is 11.8 Å². The largest absolute Gasteiger partial charge is 0.449 e. The minimum atomic E-state index is -0.855. The van der Waals surface area contributed by atoms with Crippen LogP contribution in [0.4, 0.5) is 10.5 Å². The molecule has 2 aromatic carbocycles. The molecule has 0 saturated carbocycles. The molecule has 1 fully saturated rings. The number of ketones is 1. The molecule has 1 aliphatic rings. The van der Waals surface area contributed by atoms with E-state index in [0.29, 0.717) is 19.3 Å². The van der Waals surface area contributed by atoms with Crippen molar-refractivity contribution in [2.45, 2.75) is 57.9 Å². The van der Waals surface area contributed by atoms with Crippen LogP contribution in [0.5, 0.6) is 0 Å². The molecule has 0 spiro atoms. The van der Waals surface area contributed by atoms with E-state index < -0.39 is 11.6 Å². The van der Waals surface area contributed by atoms with E-state index in [9.17, 15) is 9.59 Å². The van der Waals surface area contributed by atoms with Crippen molar-refractivity contribution in [1.82, 2.24) is 4.90 Å². The highest BCUT2D eigenvalue weighted by Crippen LogP contribution is 2.36. The maximum atomic E-state index is 13.6. The third-order valence-corrected chi connectivity index (χ3v) is 6.41. The van der Waals surface area contributed by atoms with Crippen molar-refractivity contribution in [1.29, 1.82) is 0 Å². The molecule has 0 aliphatic carbocycles. The van der Waals surface area contributed by atoms with Crippen LogP contribution in [0.25, 0.3) is 0 Å². The van der Waals surface area contributed by atoms with Gasteiger partial charge < -0.3 is 9.64 Å². The molecule has 0 bridgehead atoms. The molecule has 1 saturated heterocycles. The number of ether oxygens (including phenoxy) is 1. The van der Waals surface area contributed by atoms with Crippen molar-refractivity contribution < 1.29 is 14.3 Å². The van der Waals surface area contributed by atoms with E-state index in [-0.39, 0.29) is 12.4 Å². The zero-order chi connectivity index (χ0) is 22.8. The van der Waals surface area contributed by atoms with Crippen molar-refractivity contribution in [3.8, 4) is 0 Å². The highest BCUT2D eigenvalue weighted by atomic mass is 16.6. The maximum Gasteiger partial charge on any atom is 0.415 e. The van der Waals surface area contributed by atoms with Crippen LogP contribution in [0.3, 0.4) is 0 Å². The summed E-state index contributed by atoms with van der Waals surface area (Å²) >= 11 is 0. The quantitative estimate of drug-likeness (QED) is 0.494. The molecule has 3 rings (SSSR count). The lowest BCUT2D eigenvalue weighted by molar-refractivity contribution is -0.126. The summed E-state index contributed by atoms with van der Waals surface area (Å²) in [5, 5.41) is 0. The molecular formula is C27H36N2O3. The van der Waals surface area contributed by atoms with Gasteiger partial charge in [-0.2, -0.15) is 0 Å². The number of anilines is 1. The number of carbonyl (C=O) groups excluding carboxylic acids is 2. The van der Waals surface area contributed by atoms with Gasteiger partial charge in [0.1, 0.15) is 5.54 Å². The summed E-state index contributed by atoms with van der Waals surface area (Å²) in [4.78, 5) is 30.8. The third kappa shape index (κ3) is 5.77. The molecular weight excluding hydrogens is 400 g/mol. The van der Waals surface area contributed by atoms with Crippen LogP contribution in [-0.2, 0) is 16.0 Å². The van der Waals surface area contributed by atoms with E-state index in [1.807, 2.05) is 36.4 Å². The lowest BCUT2D eigenvalue weighted by atomic mass is 9.79. The number of para-hydroxylation sites is 1. The first-order valence-corrected chi connectivity index (χ1v) is 11.9. The number of likely N-dealkylation sites (tertiary alicyclic amines) is 1. The van der Waals surface area contributed by atoms with Crippen molar-refractivity contribution in [3.63, 3.8) is 0 Å². The molecule has 5 heteroatoms. The van der Waals surface area contributed by atoms with Crippen molar-refractivity contribution in [3.05, 3.63) is 66.2 Å². The number of hydrogen-bond acceptors (Lipinski definition) is 4. The fourth-order valence-corrected chi connectivity index (χ4v) is 4.57. The van der Waals surface area contributed by atoms with E-state index in [2.05, 4.69) is 36.1 Å². The highest BCUT2D eigenvalue weighted by molar-refractivity contribution is 6.01. The Labute approximate surface area is 192 Å². The van der Waals surface area contributed by atoms with Crippen LogP contribution in [0.1, 0.15) is 51.5 Å². The lowest BCUT2D eigenvalue weighted by Crippen LogP contribution is -2.62. The third-order valence-electron chi connectivity index (χ3n) is 6.41. The summed E-state index contributed by atoms with van der Waals surface area (Å²) < 4.78 is 5.44. The highest BCUT2D eigenvalue weighted by Gasteiger charge is 2.48. The smallest absolute Gasteiger partial charge is 0.415 e. The zero-order valence-electron chi connectivity index (χ0n) is 19.5. The number of unbranched alkanes of at least 4 members (excludes halogenated alkanes) is 1. The van der Waals surface area contributed by atoms with E-state index in [4.69, 9.17) is 4.74 Å². The van der Waals surface area contributed by atoms with Crippen LogP contribution in [0.15, 0.2) is 60.7 Å². The van der Waals surface area contributed by atoms with Gasteiger partial charge in [0.05, 0.1) is 6.61 Å². The lowest BCUT2D eigenvalue weighted by Gasteiger charge is -2.47. The summed E-state index contributed by atoms with van der Waals surface area (Å²) in [6.07, 6.45) is 4.08. The second-order valence-electron chi connectivity index (χ2n) is 8.51. The summed E-state index contributed by atoms with van der Waals surface area (Å²) in [6, 6.07) is 20.0. The Morgan fingerprint density at radius 1 is 0.969 bits per heavy atom. The van der Waals surface area contributed by atoms with Gasteiger partial charge in [0.15, 0.2) is 5.78 Å². The standard InChI is InChI=1S/C27H36N2O3/c1-3-5-16-25(30)27(29(26(31)32-4-2)24-14-10-7-11-15-24)18-21-28(22-19-27)20-17-23-12-8-6-9-13-23/h6-15H,3-5,16-22H2,1-2H3. The van der Waals surface area contributed by atoms with Gasteiger partial charge in [0.25, 0.3) is 0 Å². The van der Waals surface area contributed by atoms with E-state index >= 15 is 0 Å². The average Bonchev–Trinajstić information content (AvgIpc) is 2.83.